The van der Waals surface area contributed by atoms with Gasteiger partial charge < -0.3 is 18.6 Å². The van der Waals surface area contributed by atoms with Crippen LogP contribution in [0.15, 0.2) is 22.3 Å². The molecule has 0 aromatic carbocycles. The van der Waals surface area contributed by atoms with E-state index in [2.05, 4.69) is 30.0 Å². The van der Waals surface area contributed by atoms with Gasteiger partial charge in [-0.05, 0) is 0 Å². The Hall–Kier alpha value is -2.60. The topological polar surface area (TPSA) is 129 Å². The van der Waals surface area contributed by atoms with Gasteiger partial charge in [0.05, 0.1) is 25.3 Å². The Morgan fingerprint density at radius 3 is 2.73 bits per heavy atom. The van der Waals surface area contributed by atoms with Gasteiger partial charge in [0.15, 0.2) is 17.0 Å². The van der Waals surface area contributed by atoms with Crippen molar-refractivity contribution < 1.29 is 17.6 Å². The minimum atomic E-state index is -3.53. The summed E-state index contributed by atoms with van der Waals surface area (Å²) in [5, 5.41) is 7.05. The number of morpholine rings is 1. The molecule has 4 heterocycles. The summed E-state index contributed by atoms with van der Waals surface area (Å²) in [4.78, 5) is 15.1. The van der Waals surface area contributed by atoms with Crippen molar-refractivity contribution in [3.8, 4) is 0 Å². The van der Waals surface area contributed by atoms with E-state index >= 15 is 0 Å². The summed E-state index contributed by atoms with van der Waals surface area (Å²) in [7, 11) is -3.53. The van der Waals surface area contributed by atoms with Gasteiger partial charge in [0.2, 0.25) is 15.7 Å². The van der Waals surface area contributed by atoms with Gasteiger partial charge in [-0.15, -0.1) is 5.10 Å². The third-order valence-corrected chi connectivity index (χ3v) is 5.55. The van der Waals surface area contributed by atoms with Crippen LogP contribution in [0.3, 0.4) is 0 Å². The second-order valence-corrected chi connectivity index (χ2v) is 7.86. The van der Waals surface area contributed by atoms with Crippen molar-refractivity contribution >= 4 is 26.8 Å². The van der Waals surface area contributed by atoms with Crippen molar-refractivity contribution in [2.75, 3.05) is 37.0 Å². The molecular weight excluding hydrogens is 362 g/mol. The van der Waals surface area contributed by atoms with Crippen LogP contribution in [0.4, 0.5) is 5.82 Å². The maximum absolute atomic E-state index is 11.8. The van der Waals surface area contributed by atoms with Crippen LogP contribution in [0.25, 0.3) is 11.2 Å². The first-order valence-corrected chi connectivity index (χ1v) is 9.77. The van der Waals surface area contributed by atoms with Gasteiger partial charge in [-0.2, -0.15) is 0 Å². The third-order valence-electron chi connectivity index (χ3n) is 4.09. The maximum atomic E-state index is 11.8. The van der Waals surface area contributed by atoms with Crippen LogP contribution in [-0.4, -0.2) is 70.2 Å². The number of aromatic nitrogens is 6. The monoisotopic (exact) mass is 379 g/mol. The molecule has 0 spiro atoms. The first-order chi connectivity index (χ1) is 12.6. The Bertz CT molecular complexity index is 1020. The number of rotatable bonds is 5. The van der Waals surface area contributed by atoms with Crippen LogP contribution in [0.2, 0.25) is 0 Å². The largest absolute Gasteiger partial charge is 0.411 e. The smallest absolute Gasteiger partial charge is 0.335 e. The average molecular weight is 379 g/mol. The van der Waals surface area contributed by atoms with Crippen molar-refractivity contribution in [3.05, 3.63) is 18.5 Å². The lowest BCUT2D eigenvalue weighted by Gasteiger charge is -2.27. The van der Waals surface area contributed by atoms with Crippen LogP contribution in [0.1, 0.15) is 12.8 Å². The first kappa shape index (κ1) is 16.8. The van der Waals surface area contributed by atoms with Gasteiger partial charge >= 0.3 is 5.22 Å². The van der Waals surface area contributed by atoms with Gasteiger partial charge in [-0.1, -0.05) is 12.0 Å². The molecule has 0 saturated carbocycles. The molecular formula is C14H17N7O4S. The first-order valence-electron chi connectivity index (χ1n) is 8.12. The zero-order valence-corrected chi connectivity index (χ0v) is 14.9. The van der Waals surface area contributed by atoms with E-state index in [-0.39, 0.29) is 23.4 Å². The number of nitrogens with zero attached hydrogens (tertiary/aromatic N) is 7. The minimum Gasteiger partial charge on any atom is -0.411 e. The molecule has 0 aliphatic carbocycles. The molecule has 3 aromatic heterocycles. The molecule has 0 atom stereocenters. The zero-order valence-electron chi connectivity index (χ0n) is 14.1. The van der Waals surface area contributed by atoms with E-state index in [0.717, 1.165) is 18.9 Å². The number of sulfone groups is 1. The summed E-state index contributed by atoms with van der Waals surface area (Å²) in [6.45, 7) is 4.45. The highest BCUT2D eigenvalue weighted by Crippen LogP contribution is 2.23. The van der Waals surface area contributed by atoms with E-state index in [0.29, 0.717) is 24.4 Å². The normalized spacial score (nSPS) is 15.7. The fourth-order valence-corrected chi connectivity index (χ4v) is 3.32. The Morgan fingerprint density at radius 1 is 1.15 bits per heavy atom. The Labute approximate surface area is 148 Å². The zero-order chi connectivity index (χ0) is 18.1. The second kappa shape index (κ2) is 6.61. The predicted molar refractivity (Wildman–Crippen MR) is 89.5 cm³/mol. The van der Waals surface area contributed by atoms with Crippen molar-refractivity contribution in [1.82, 2.24) is 29.7 Å². The lowest BCUT2D eigenvalue weighted by Crippen LogP contribution is -2.36. The standard InChI is InChI=1S/C14H17N7O4S/c1-2-26(22,23)14-19-18-10(25-14)7-21-9-17-11-12(15-8-16-13(11)21)20-3-5-24-6-4-20/h8-9H,2-7H2,1H3. The number of hydrogen-bond acceptors (Lipinski definition) is 10. The molecule has 1 saturated heterocycles. The van der Waals surface area contributed by atoms with Crippen LogP contribution in [0, 0.1) is 0 Å². The number of hydrogen-bond donors (Lipinski definition) is 0. The van der Waals surface area contributed by atoms with E-state index in [1.165, 1.54) is 13.3 Å². The number of imidazole rings is 1. The van der Waals surface area contributed by atoms with Gasteiger partial charge in [-0.25, -0.2) is 23.4 Å². The predicted octanol–water partition coefficient (Wildman–Crippen LogP) is -0.112. The molecule has 12 heteroatoms. The quantitative estimate of drug-likeness (QED) is 0.592. The fraction of sp³-hybridized carbons (Fsp3) is 0.500. The molecule has 3 aromatic rings. The summed E-state index contributed by atoms with van der Waals surface area (Å²) in [5.41, 5.74) is 1.27. The summed E-state index contributed by atoms with van der Waals surface area (Å²) >= 11 is 0. The Kier molecular flexibility index (Phi) is 4.28. The van der Waals surface area contributed by atoms with Crippen molar-refractivity contribution in [2.24, 2.45) is 0 Å². The molecule has 1 aliphatic heterocycles. The third kappa shape index (κ3) is 3.01. The number of ether oxygens (including phenoxy) is 1. The van der Waals surface area contributed by atoms with Gasteiger partial charge in [0.1, 0.15) is 12.9 Å². The lowest BCUT2D eigenvalue weighted by atomic mass is 10.4. The molecule has 11 nitrogen and oxygen atoms in total. The molecule has 138 valence electrons. The highest BCUT2D eigenvalue weighted by atomic mass is 32.2. The lowest BCUT2D eigenvalue weighted by molar-refractivity contribution is 0.122. The minimum absolute atomic E-state index is 0.0984. The highest BCUT2D eigenvalue weighted by Gasteiger charge is 2.22. The van der Waals surface area contributed by atoms with Gasteiger partial charge in [-0.3, -0.25) is 0 Å². The Morgan fingerprint density at radius 2 is 1.96 bits per heavy atom. The highest BCUT2D eigenvalue weighted by molar-refractivity contribution is 7.91. The molecule has 1 fully saturated rings. The van der Waals surface area contributed by atoms with E-state index < -0.39 is 9.84 Å². The van der Waals surface area contributed by atoms with Crippen LogP contribution in [0.5, 0.6) is 0 Å². The van der Waals surface area contributed by atoms with Crippen LogP contribution < -0.4 is 4.90 Å². The maximum Gasteiger partial charge on any atom is 0.335 e. The Balaban J connectivity index is 1.64. The van der Waals surface area contributed by atoms with E-state index in [1.807, 2.05) is 0 Å². The molecule has 0 amide bonds. The van der Waals surface area contributed by atoms with E-state index in [4.69, 9.17) is 9.15 Å². The second-order valence-electron chi connectivity index (χ2n) is 5.71. The number of anilines is 1. The van der Waals surface area contributed by atoms with Crippen molar-refractivity contribution in [1.29, 1.82) is 0 Å². The summed E-state index contributed by atoms with van der Waals surface area (Å²) in [5.74, 6) is 0.818. The van der Waals surface area contributed by atoms with Crippen molar-refractivity contribution in [2.45, 2.75) is 18.7 Å². The SMILES string of the molecule is CCS(=O)(=O)c1nnc(Cn2cnc3c(N4CCOCC4)ncnc32)o1. The summed E-state index contributed by atoms with van der Waals surface area (Å²) < 4.78 is 36.0. The van der Waals surface area contributed by atoms with Crippen LogP contribution >= 0.6 is 0 Å². The summed E-state index contributed by atoms with van der Waals surface area (Å²) in [6.07, 6.45) is 3.08. The van der Waals surface area contributed by atoms with E-state index in [9.17, 15) is 8.42 Å². The molecule has 26 heavy (non-hydrogen) atoms. The van der Waals surface area contributed by atoms with Crippen LogP contribution in [-0.2, 0) is 21.1 Å². The molecule has 4 rings (SSSR count). The fourth-order valence-electron chi connectivity index (χ4n) is 2.69. The molecule has 0 bridgehead atoms. The molecule has 0 unspecified atom stereocenters. The van der Waals surface area contributed by atoms with Gasteiger partial charge in [0, 0.05) is 13.1 Å². The average Bonchev–Trinajstić information content (AvgIpc) is 3.31. The van der Waals surface area contributed by atoms with Gasteiger partial charge in [0.25, 0.3) is 0 Å². The molecule has 1 aliphatic rings. The van der Waals surface area contributed by atoms with E-state index in [1.54, 1.807) is 10.9 Å². The molecule has 0 N–H and O–H groups in total. The molecule has 0 radical (unpaired) electrons. The summed E-state index contributed by atoms with van der Waals surface area (Å²) in [6, 6.07) is 0. The van der Waals surface area contributed by atoms with Crippen molar-refractivity contribution in [3.63, 3.8) is 0 Å². The number of fused-ring (bicyclic) bond motifs is 1.